The van der Waals surface area contributed by atoms with E-state index in [4.69, 9.17) is 0 Å². The molecular weight excluding hydrogens is 542 g/mol. The second-order valence-electron chi connectivity index (χ2n) is 6.55. The number of alkyl halides is 12. The van der Waals surface area contributed by atoms with Crippen molar-refractivity contribution in [3.05, 3.63) is 0 Å². The van der Waals surface area contributed by atoms with Crippen LogP contribution in [0.2, 0.25) is 12.1 Å². The molecule has 20 heteroatoms. The molecule has 0 aliphatic carbocycles. The third-order valence-corrected chi connectivity index (χ3v) is 14.4. The number of rotatable bonds is 11. The molecule has 0 radical (unpaired) electrons. The molecule has 0 atom stereocenters. The SMILES string of the molecule is CCCC[Si](OP(=O)(OF)O[Si](CCCC)(C(F)(F)F)C(F)(F)F)(C(F)(F)F)C(F)(F)F. The van der Waals surface area contributed by atoms with Gasteiger partial charge in [0.15, 0.2) is 0 Å². The van der Waals surface area contributed by atoms with Crippen molar-refractivity contribution in [2.24, 2.45) is 0 Å². The molecule has 0 aliphatic rings. The molecule has 32 heavy (non-hydrogen) atoms. The predicted octanol–water partition coefficient (Wildman–Crippen LogP) is 7.93. The molecule has 0 aromatic rings. The average molecular weight is 560 g/mol. The Morgan fingerprint density at radius 2 is 0.875 bits per heavy atom. The van der Waals surface area contributed by atoms with Gasteiger partial charge in [0.25, 0.3) is 0 Å². The fourth-order valence-electron chi connectivity index (χ4n) is 2.47. The Balaban J connectivity index is 6.81. The van der Waals surface area contributed by atoms with E-state index in [1.807, 2.05) is 0 Å². The van der Waals surface area contributed by atoms with Gasteiger partial charge in [-0.25, -0.2) is 4.57 Å². The topological polar surface area (TPSA) is 44.8 Å². The van der Waals surface area contributed by atoms with Crippen LogP contribution in [0, 0.1) is 0 Å². The standard InChI is InChI=1S/C12H18F13O4PSi2/c1-3-5-7-31(9(13,14)15,10(16,17)18)28-30(26,27-25)29-32(8-6-4-2,11(19,20)21)12(22,23)24/h3-8H2,1-2H3. The van der Waals surface area contributed by atoms with Gasteiger partial charge in [-0.05, 0) is 16.6 Å². The van der Waals surface area contributed by atoms with Gasteiger partial charge >= 0.3 is 47.7 Å². The van der Waals surface area contributed by atoms with E-state index in [0.717, 1.165) is 13.8 Å². The summed E-state index contributed by atoms with van der Waals surface area (Å²) in [6.45, 7) is 2.20. The molecule has 0 heterocycles. The monoisotopic (exact) mass is 560 g/mol. The number of hydrogen-bond acceptors (Lipinski definition) is 4. The van der Waals surface area contributed by atoms with Crippen LogP contribution >= 0.6 is 7.82 Å². The van der Waals surface area contributed by atoms with Crippen LogP contribution in [-0.4, -0.2) is 39.8 Å². The van der Waals surface area contributed by atoms with Crippen molar-refractivity contribution in [2.45, 2.75) is 74.8 Å². The minimum Gasteiger partial charge on any atom is -0.307 e. The Bertz CT molecular complexity index is 569. The first kappa shape index (κ1) is 31.6. The average Bonchev–Trinajstić information content (AvgIpc) is 2.58. The first-order chi connectivity index (χ1) is 14.1. The number of phosphoric acid groups is 1. The number of halogens is 13. The maximum absolute atomic E-state index is 13.4. The molecule has 0 amide bonds. The predicted molar refractivity (Wildman–Crippen MR) is 87.1 cm³/mol. The molecule has 0 N–H and O–H groups in total. The summed E-state index contributed by atoms with van der Waals surface area (Å²) in [5.41, 5.74) is 0. The van der Waals surface area contributed by atoms with Gasteiger partial charge in [-0.15, -0.1) is 0 Å². The molecule has 0 aromatic heterocycles. The third-order valence-electron chi connectivity index (χ3n) is 4.22. The molecule has 0 spiro atoms. The van der Waals surface area contributed by atoms with E-state index in [-0.39, 0.29) is 12.8 Å². The molecule has 0 saturated heterocycles. The number of hydrogen-bond donors (Lipinski definition) is 0. The quantitative estimate of drug-likeness (QED) is 0.146. The largest absolute Gasteiger partial charge is 0.487 e. The van der Waals surface area contributed by atoms with Crippen molar-refractivity contribution in [3.63, 3.8) is 0 Å². The van der Waals surface area contributed by atoms with Crippen LogP contribution in [0.1, 0.15) is 39.5 Å². The van der Waals surface area contributed by atoms with Gasteiger partial charge in [-0.1, -0.05) is 44.3 Å². The van der Waals surface area contributed by atoms with Crippen LogP contribution in [0.25, 0.3) is 0 Å². The van der Waals surface area contributed by atoms with Crippen molar-refractivity contribution in [1.82, 2.24) is 0 Å². The number of unbranched alkanes of at least 4 members (excludes halogenated alkanes) is 2. The van der Waals surface area contributed by atoms with Gasteiger partial charge in [0, 0.05) is 0 Å². The van der Waals surface area contributed by atoms with E-state index in [0.29, 0.717) is 0 Å². The van der Waals surface area contributed by atoms with Crippen LogP contribution in [0.5, 0.6) is 0 Å². The van der Waals surface area contributed by atoms with Crippen molar-refractivity contribution < 1.29 is 74.9 Å². The third kappa shape index (κ3) is 6.61. The highest BCUT2D eigenvalue weighted by Gasteiger charge is 2.82. The highest BCUT2D eigenvalue weighted by Crippen LogP contribution is 2.63. The molecule has 0 rings (SSSR count). The van der Waals surface area contributed by atoms with E-state index in [2.05, 4.69) is 13.2 Å². The lowest BCUT2D eigenvalue weighted by molar-refractivity contribution is -0.143. The second kappa shape index (κ2) is 10.5. The van der Waals surface area contributed by atoms with Crippen molar-refractivity contribution in [1.29, 1.82) is 0 Å². The van der Waals surface area contributed by atoms with Crippen LogP contribution in [0.4, 0.5) is 57.2 Å². The maximum atomic E-state index is 13.4. The maximum Gasteiger partial charge on any atom is 0.487 e. The summed E-state index contributed by atoms with van der Waals surface area (Å²) >= 11 is 0. The second-order valence-corrected chi connectivity index (χ2v) is 15.6. The lowest BCUT2D eigenvalue weighted by Gasteiger charge is -2.39. The Kier molecular flexibility index (Phi) is 10.4. The van der Waals surface area contributed by atoms with Gasteiger partial charge < -0.3 is 8.43 Å². The highest BCUT2D eigenvalue weighted by atomic mass is 31.2. The summed E-state index contributed by atoms with van der Waals surface area (Å²) in [7, 11) is -22.5. The first-order valence-corrected chi connectivity index (χ1v) is 14.4. The van der Waals surface area contributed by atoms with E-state index < -0.39 is 72.6 Å². The lowest BCUT2D eigenvalue weighted by Crippen LogP contribution is -2.66. The zero-order valence-electron chi connectivity index (χ0n) is 16.2. The van der Waals surface area contributed by atoms with Gasteiger partial charge in [0.2, 0.25) is 0 Å². The zero-order chi connectivity index (χ0) is 25.9. The van der Waals surface area contributed by atoms with E-state index in [1.165, 1.54) is 0 Å². The molecular formula is C12H18F13O4PSi2. The van der Waals surface area contributed by atoms with Crippen LogP contribution < -0.4 is 0 Å². The Morgan fingerprint density at radius 1 is 0.625 bits per heavy atom. The molecule has 0 unspecified atom stereocenters. The molecule has 4 nitrogen and oxygen atoms in total. The Morgan fingerprint density at radius 3 is 1.03 bits per heavy atom. The summed E-state index contributed by atoms with van der Waals surface area (Å²) in [5, 5.41) is 0. The summed E-state index contributed by atoms with van der Waals surface area (Å²) in [4.78, 5) is 0. The van der Waals surface area contributed by atoms with Gasteiger partial charge in [-0.3, -0.25) is 0 Å². The van der Waals surface area contributed by atoms with Crippen molar-refractivity contribution >= 4 is 24.5 Å². The normalized spacial score (nSPS) is 15.3. The Hall–Kier alpha value is -0.366. The van der Waals surface area contributed by atoms with Crippen molar-refractivity contribution in [2.75, 3.05) is 0 Å². The molecule has 0 aliphatic heterocycles. The molecule has 194 valence electrons. The fourth-order valence-corrected chi connectivity index (χ4v) is 12.1. The van der Waals surface area contributed by atoms with Crippen LogP contribution in [-0.2, 0) is 17.7 Å². The van der Waals surface area contributed by atoms with E-state index in [1.54, 1.807) is 0 Å². The summed E-state index contributed by atoms with van der Waals surface area (Å²) < 4.78 is 195. The fraction of sp³-hybridized carbons (Fsp3) is 1.00. The highest BCUT2D eigenvalue weighted by molar-refractivity contribution is 7.52. The van der Waals surface area contributed by atoms with Crippen LogP contribution in [0.15, 0.2) is 0 Å². The summed E-state index contributed by atoms with van der Waals surface area (Å²) in [5.74, 6) is -25.9. The van der Waals surface area contributed by atoms with Gasteiger partial charge in [0.05, 0.1) is 0 Å². The van der Waals surface area contributed by atoms with E-state index >= 15 is 0 Å². The zero-order valence-corrected chi connectivity index (χ0v) is 19.1. The van der Waals surface area contributed by atoms with E-state index in [9.17, 15) is 61.8 Å². The molecule has 0 fully saturated rings. The lowest BCUT2D eigenvalue weighted by atomic mass is 10.4. The van der Waals surface area contributed by atoms with Gasteiger partial charge in [-0.2, -0.15) is 52.7 Å². The Labute approximate surface area is 175 Å². The van der Waals surface area contributed by atoms with Crippen LogP contribution in [0.3, 0.4) is 0 Å². The summed E-state index contributed by atoms with van der Waals surface area (Å²) in [6, 6.07) is -4.07. The first-order valence-electron chi connectivity index (χ1n) is 8.68. The minimum absolute atomic E-state index is 0.369. The van der Waals surface area contributed by atoms with Crippen molar-refractivity contribution in [3.8, 4) is 0 Å². The molecule has 0 saturated carbocycles. The molecule has 0 bridgehead atoms. The van der Waals surface area contributed by atoms with Gasteiger partial charge in [0.1, 0.15) is 0 Å². The summed E-state index contributed by atoms with van der Waals surface area (Å²) in [6.07, 6.45) is -2.64. The molecule has 0 aromatic carbocycles. The minimum atomic E-state index is -7.59. The smallest absolute Gasteiger partial charge is 0.307 e.